The molecule has 5 unspecified atom stereocenters. The van der Waals surface area contributed by atoms with Crippen molar-refractivity contribution in [2.45, 2.75) is 96.3 Å². The number of aromatic nitrogens is 4. The van der Waals surface area contributed by atoms with E-state index in [0.29, 0.717) is 54.4 Å². The monoisotopic (exact) mass is 1090 g/mol. The highest BCUT2D eigenvalue weighted by Gasteiger charge is 2.50. The van der Waals surface area contributed by atoms with Crippen LogP contribution in [-0.4, -0.2) is 110 Å². The SMILES string of the molecule is CCc1c2c(nc3ccc(OCC(C)C(=O)N4CCN(c5nc(OCC67CCCN6CC(F)C7)nc6c(F)c(-c7ccc(F)c8sc(N)c(C#N)c78)c(Cl)cc56)C(C)C4)cc13)-c1cc3c(c(=O)n1C2)COC(=O)C3(O)CC. The van der Waals surface area contributed by atoms with Crippen LogP contribution in [-0.2, 0) is 39.5 Å². The van der Waals surface area contributed by atoms with Crippen LogP contribution in [0.3, 0.4) is 0 Å². The molecule has 7 aromatic rings. The van der Waals surface area contributed by atoms with Gasteiger partial charge in [-0.05, 0) is 86.7 Å². The van der Waals surface area contributed by atoms with E-state index in [-0.39, 0.29) is 128 Å². The van der Waals surface area contributed by atoms with E-state index in [2.05, 4.69) is 9.88 Å². The minimum atomic E-state index is -1.94. The lowest BCUT2D eigenvalue weighted by Crippen LogP contribution is -2.55. The molecule has 5 aliphatic heterocycles. The van der Waals surface area contributed by atoms with E-state index in [0.717, 1.165) is 47.2 Å². The number of fused-ring (bicyclic) bond motifs is 8. The lowest BCUT2D eigenvalue weighted by molar-refractivity contribution is -0.172. The van der Waals surface area contributed by atoms with Gasteiger partial charge in [0, 0.05) is 71.5 Å². The second kappa shape index (κ2) is 18.9. The minimum absolute atomic E-state index is 0.00476. The van der Waals surface area contributed by atoms with Crippen LogP contribution in [0.4, 0.5) is 24.0 Å². The summed E-state index contributed by atoms with van der Waals surface area (Å²) >= 11 is 7.89. The number of thiophene rings is 1. The second-order valence-corrected chi connectivity index (χ2v) is 22.4. The number of alkyl halides is 1. The Morgan fingerprint density at radius 3 is 2.65 bits per heavy atom. The smallest absolute Gasteiger partial charge is 0.343 e. The molecule has 1 amide bonds. The van der Waals surface area contributed by atoms with Crippen LogP contribution < -0.4 is 25.7 Å². The Morgan fingerprint density at radius 1 is 1.06 bits per heavy atom. The zero-order chi connectivity index (χ0) is 54.0. The molecule has 0 aliphatic carbocycles. The standard InChI is InChI=1S/C56H53ClF3N9O7S/c1-5-31-33-16-30(8-11-41(33)63-46-36(31)23-69-42(46)18-38-37(52(69)71)25-75-53(72)56(38,73)6-2)74-24-27(3)51(70)66-14-15-68(28(4)21-66)50-34-17-39(57)44(32-9-10-40(59)48-43(32)35(20-61)49(62)77-48)45(60)47(34)64-54(65-50)76-26-55-12-7-13-67(55)22-29(58)19-55/h8-11,16-18,27-29,73H,5-7,12-15,19,21-26,62H2,1-4H3. The highest BCUT2D eigenvalue weighted by molar-refractivity contribution is 7.23. The number of halogens is 4. The van der Waals surface area contributed by atoms with Gasteiger partial charge in [0.15, 0.2) is 11.4 Å². The first-order valence-corrected chi connectivity index (χ1v) is 27.1. The third-order valence-corrected chi connectivity index (χ3v) is 17.9. The first kappa shape index (κ1) is 50.7. The Labute approximate surface area is 448 Å². The van der Waals surface area contributed by atoms with E-state index in [4.69, 9.17) is 41.5 Å². The van der Waals surface area contributed by atoms with Crippen LogP contribution >= 0.6 is 22.9 Å². The quantitative estimate of drug-likeness (QED) is 0.117. The molecule has 3 N–H and O–H groups in total. The number of carbonyl (C=O) groups excluding carboxylic acids is 2. The van der Waals surface area contributed by atoms with Crippen molar-refractivity contribution in [3.05, 3.63) is 97.3 Å². The van der Waals surface area contributed by atoms with Crippen LogP contribution in [0.25, 0.3) is 54.4 Å². The van der Waals surface area contributed by atoms with Crippen molar-refractivity contribution in [1.82, 2.24) is 29.3 Å². The Kier molecular flexibility index (Phi) is 12.4. The van der Waals surface area contributed by atoms with E-state index in [1.165, 1.54) is 12.1 Å². The van der Waals surface area contributed by atoms with Crippen molar-refractivity contribution in [3.63, 3.8) is 0 Å². The fourth-order valence-electron chi connectivity index (χ4n) is 12.6. The van der Waals surface area contributed by atoms with Gasteiger partial charge in [-0.15, -0.1) is 11.3 Å². The van der Waals surface area contributed by atoms with E-state index >= 15 is 8.78 Å². The van der Waals surface area contributed by atoms with Gasteiger partial charge < -0.3 is 39.4 Å². The van der Waals surface area contributed by atoms with Gasteiger partial charge in [0.25, 0.3) is 5.56 Å². The lowest BCUT2D eigenvalue weighted by Gasteiger charge is -2.41. The van der Waals surface area contributed by atoms with Gasteiger partial charge in [0.2, 0.25) is 5.91 Å². The molecule has 3 fully saturated rings. The summed E-state index contributed by atoms with van der Waals surface area (Å²) in [6.07, 6.45) is 1.55. The zero-order valence-electron chi connectivity index (χ0n) is 42.6. The van der Waals surface area contributed by atoms with Crippen LogP contribution in [0.15, 0.2) is 47.3 Å². The number of ether oxygens (including phenoxy) is 3. The van der Waals surface area contributed by atoms with Gasteiger partial charge >= 0.3 is 12.0 Å². The zero-order valence-corrected chi connectivity index (χ0v) is 44.2. The first-order chi connectivity index (χ1) is 37.0. The molecule has 16 nitrogen and oxygen atoms in total. The van der Waals surface area contributed by atoms with Gasteiger partial charge in [-0.1, -0.05) is 38.4 Å². The van der Waals surface area contributed by atoms with Gasteiger partial charge in [0.05, 0.1) is 62.4 Å². The summed E-state index contributed by atoms with van der Waals surface area (Å²) in [5.41, 5.74) is 7.42. The Morgan fingerprint density at radius 2 is 1.88 bits per heavy atom. The number of rotatable bonds is 11. The molecule has 3 saturated heterocycles. The third kappa shape index (κ3) is 7.97. The van der Waals surface area contributed by atoms with Crippen molar-refractivity contribution in [2.75, 3.05) is 56.6 Å². The van der Waals surface area contributed by atoms with E-state index < -0.39 is 40.8 Å². The van der Waals surface area contributed by atoms with Crippen LogP contribution in [0.5, 0.6) is 11.8 Å². The molecule has 3 aromatic carbocycles. The summed E-state index contributed by atoms with van der Waals surface area (Å²) < 4.78 is 67.1. The van der Waals surface area contributed by atoms with Crippen LogP contribution in [0.2, 0.25) is 5.02 Å². The molecule has 12 rings (SSSR count). The average molecular weight is 1090 g/mol. The molecule has 21 heteroatoms. The highest BCUT2D eigenvalue weighted by atomic mass is 35.5. The normalized spacial score (nSPS) is 22.3. The molecule has 4 aromatic heterocycles. The number of pyridine rings is 2. The van der Waals surface area contributed by atoms with Crippen molar-refractivity contribution in [1.29, 1.82) is 5.26 Å². The molecule has 0 bridgehead atoms. The number of esters is 1. The predicted molar refractivity (Wildman–Crippen MR) is 285 cm³/mol. The highest BCUT2D eigenvalue weighted by Crippen LogP contribution is 2.47. The van der Waals surface area contributed by atoms with Crippen molar-refractivity contribution in [2.24, 2.45) is 5.92 Å². The number of nitrogens with zero attached hydrogens (tertiary/aromatic N) is 8. The number of hydrogen-bond donors (Lipinski definition) is 2. The number of benzene rings is 3. The van der Waals surface area contributed by atoms with E-state index in [1.807, 2.05) is 43.9 Å². The average Bonchev–Trinajstić information content (AvgIpc) is 4.21. The Balaban J connectivity index is 0.799. The number of piperazine rings is 1. The number of nitriles is 1. The molecular weight excluding hydrogens is 1040 g/mol. The number of anilines is 2. The third-order valence-electron chi connectivity index (χ3n) is 16.5. The van der Waals surface area contributed by atoms with Gasteiger partial charge in [0.1, 0.15) is 53.4 Å². The maximum Gasteiger partial charge on any atom is 0.343 e. The van der Waals surface area contributed by atoms with E-state index in [1.54, 1.807) is 34.6 Å². The van der Waals surface area contributed by atoms with Crippen LogP contribution in [0, 0.1) is 28.9 Å². The Hall–Kier alpha value is -7.05. The molecule has 5 atom stereocenters. The number of nitrogens with two attached hydrogens (primary N) is 1. The van der Waals surface area contributed by atoms with Gasteiger partial charge in [-0.3, -0.25) is 14.5 Å². The number of carbonyl (C=O) groups is 2. The molecule has 9 heterocycles. The van der Waals surface area contributed by atoms with Gasteiger partial charge in [-0.25, -0.2) is 22.9 Å². The second-order valence-electron chi connectivity index (χ2n) is 21.0. The van der Waals surface area contributed by atoms with Crippen molar-refractivity contribution < 1.29 is 42.1 Å². The summed E-state index contributed by atoms with van der Waals surface area (Å²) in [4.78, 5) is 61.1. The molecule has 0 spiro atoms. The number of cyclic esters (lactones) is 1. The summed E-state index contributed by atoms with van der Waals surface area (Å²) in [6, 6.07) is 12.9. The number of nitrogen functional groups attached to an aromatic ring is 1. The number of amides is 1. The maximum absolute atomic E-state index is 17.5. The first-order valence-electron chi connectivity index (χ1n) is 25.9. The minimum Gasteiger partial charge on any atom is -0.493 e. The summed E-state index contributed by atoms with van der Waals surface area (Å²) in [6.45, 7) is 9.53. The summed E-state index contributed by atoms with van der Waals surface area (Å²) in [5.74, 6) is -2.08. The lowest BCUT2D eigenvalue weighted by atomic mass is 9.86. The molecule has 5 aliphatic rings. The number of aryl methyl sites for hydroxylation is 1. The number of hydrogen-bond acceptors (Lipinski definition) is 15. The summed E-state index contributed by atoms with van der Waals surface area (Å²) in [7, 11) is 0. The largest absolute Gasteiger partial charge is 0.493 e. The Bertz CT molecular complexity index is 3800. The maximum atomic E-state index is 17.5. The molecule has 0 saturated carbocycles. The predicted octanol–water partition coefficient (Wildman–Crippen LogP) is 8.56. The van der Waals surface area contributed by atoms with Crippen molar-refractivity contribution >= 4 is 77.5 Å². The van der Waals surface area contributed by atoms with Crippen molar-refractivity contribution in [3.8, 4) is 40.3 Å². The number of aliphatic hydroxyl groups is 1. The fraction of sp³-hybridized carbons (Fsp3) is 0.411. The summed E-state index contributed by atoms with van der Waals surface area (Å²) in [5, 5.41) is 22.7. The topological polar surface area (TPSA) is 202 Å². The molecule has 0 radical (unpaired) electrons. The van der Waals surface area contributed by atoms with Gasteiger partial charge in [-0.2, -0.15) is 15.2 Å². The fourth-order valence-corrected chi connectivity index (χ4v) is 13.8. The van der Waals surface area contributed by atoms with Crippen LogP contribution in [0.1, 0.15) is 81.2 Å². The molecule has 398 valence electrons. The van der Waals surface area contributed by atoms with E-state index in [9.17, 15) is 29.1 Å². The molecule has 77 heavy (non-hydrogen) atoms. The molecular formula is C56H53ClF3N9O7S.